The Bertz CT molecular complexity index is 536. The first kappa shape index (κ1) is 18.3. The molecule has 0 bridgehead atoms. The van der Waals surface area contributed by atoms with Gasteiger partial charge in [0, 0.05) is 26.1 Å². The number of carbonyl (C=O) groups excluding carboxylic acids is 2. The first-order valence-corrected chi connectivity index (χ1v) is 8.25. The van der Waals surface area contributed by atoms with Gasteiger partial charge in [0.25, 0.3) is 0 Å². The predicted molar refractivity (Wildman–Crippen MR) is 86.3 cm³/mol. The van der Waals surface area contributed by atoms with Crippen LogP contribution in [-0.2, 0) is 9.59 Å². The Morgan fingerprint density at radius 2 is 2.17 bits per heavy atom. The van der Waals surface area contributed by atoms with Gasteiger partial charge < -0.3 is 25.7 Å². The van der Waals surface area contributed by atoms with Crippen LogP contribution in [0.3, 0.4) is 0 Å². The quantitative estimate of drug-likeness (QED) is 0.543. The Labute approximate surface area is 140 Å². The zero-order valence-corrected chi connectivity index (χ0v) is 13.8. The van der Waals surface area contributed by atoms with Crippen molar-refractivity contribution in [3.8, 4) is 0 Å². The summed E-state index contributed by atoms with van der Waals surface area (Å²) in [6, 6.07) is -1.37. The molecule has 3 atom stereocenters. The lowest BCUT2D eigenvalue weighted by Gasteiger charge is -2.24. The van der Waals surface area contributed by atoms with Crippen LogP contribution >= 0.6 is 0 Å². The monoisotopic (exact) mass is 339 g/mol. The van der Waals surface area contributed by atoms with Crippen LogP contribution in [0.2, 0.25) is 0 Å². The third kappa shape index (κ3) is 4.05. The van der Waals surface area contributed by atoms with Crippen molar-refractivity contribution in [2.75, 3.05) is 20.2 Å². The molecule has 1 saturated carbocycles. The standard InChI is InChI=1S/C16H25N3O5/c1-19-8-5-3-2-4-6-11-10-16(11,14(22)23)18-13(21)12(7-9-20)17-15(19)24/h4,6,11-12,20H,2-3,5,7-10H2,1H3,(H,17,24)(H,18,21)(H,22,23)/t11-,12+,16-/m1/s1. The Morgan fingerprint density at radius 1 is 1.42 bits per heavy atom. The molecule has 1 heterocycles. The number of nitrogens with one attached hydrogen (secondary N) is 2. The zero-order valence-electron chi connectivity index (χ0n) is 13.8. The van der Waals surface area contributed by atoms with Gasteiger partial charge in [0.05, 0.1) is 0 Å². The summed E-state index contributed by atoms with van der Waals surface area (Å²) in [6.07, 6.45) is 6.68. The number of nitrogens with zero attached hydrogens (tertiary/aromatic N) is 1. The van der Waals surface area contributed by atoms with Gasteiger partial charge in [-0.25, -0.2) is 9.59 Å². The molecule has 0 aromatic heterocycles. The summed E-state index contributed by atoms with van der Waals surface area (Å²) in [5.41, 5.74) is -1.30. The summed E-state index contributed by atoms with van der Waals surface area (Å²) in [7, 11) is 1.64. The zero-order chi connectivity index (χ0) is 17.7. The van der Waals surface area contributed by atoms with E-state index in [4.69, 9.17) is 5.11 Å². The summed E-state index contributed by atoms with van der Waals surface area (Å²) in [4.78, 5) is 37.7. The van der Waals surface area contributed by atoms with E-state index in [1.54, 1.807) is 7.05 Å². The van der Waals surface area contributed by atoms with Gasteiger partial charge in [-0.15, -0.1) is 0 Å². The van der Waals surface area contributed by atoms with Crippen LogP contribution in [0.1, 0.15) is 32.1 Å². The molecule has 1 aliphatic carbocycles. The highest BCUT2D eigenvalue weighted by atomic mass is 16.4. The molecule has 134 valence electrons. The van der Waals surface area contributed by atoms with Crippen molar-refractivity contribution in [1.29, 1.82) is 0 Å². The first-order chi connectivity index (χ1) is 11.4. The number of urea groups is 1. The molecule has 24 heavy (non-hydrogen) atoms. The molecule has 0 radical (unpaired) electrons. The minimum atomic E-state index is -1.30. The average molecular weight is 339 g/mol. The molecule has 1 fully saturated rings. The Kier molecular flexibility index (Phi) is 5.82. The molecule has 4 N–H and O–H groups in total. The third-order valence-corrected chi connectivity index (χ3v) is 4.60. The number of carboxylic acids is 1. The second kappa shape index (κ2) is 7.65. The second-order valence-electron chi connectivity index (χ2n) is 6.44. The SMILES string of the molecule is CN1CCCCC=C[C@@H]2C[C@@]2(C(=O)O)NC(=O)[C@H](CCO)NC1=O. The maximum atomic E-state index is 12.4. The number of fused-ring (bicyclic) bond motifs is 1. The van der Waals surface area contributed by atoms with E-state index in [1.807, 2.05) is 12.2 Å². The number of hydrogen-bond donors (Lipinski definition) is 4. The van der Waals surface area contributed by atoms with Gasteiger partial charge in [0.15, 0.2) is 0 Å². The molecule has 3 amide bonds. The van der Waals surface area contributed by atoms with Gasteiger partial charge in [0.2, 0.25) is 5.91 Å². The topological polar surface area (TPSA) is 119 Å². The lowest BCUT2D eigenvalue weighted by Crippen LogP contribution is -2.55. The Balaban J connectivity index is 2.19. The molecule has 1 aliphatic heterocycles. The van der Waals surface area contributed by atoms with Crippen LogP contribution in [0.25, 0.3) is 0 Å². The molecular formula is C16H25N3O5. The Morgan fingerprint density at radius 3 is 2.83 bits per heavy atom. The molecule has 8 heteroatoms. The molecular weight excluding hydrogens is 314 g/mol. The number of aliphatic hydroxyl groups is 1. The highest BCUT2D eigenvalue weighted by Crippen LogP contribution is 2.45. The van der Waals surface area contributed by atoms with Crippen molar-refractivity contribution >= 4 is 17.9 Å². The lowest BCUT2D eigenvalue weighted by molar-refractivity contribution is -0.143. The number of carbonyl (C=O) groups is 3. The second-order valence-corrected chi connectivity index (χ2v) is 6.44. The third-order valence-electron chi connectivity index (χ3n) is 4.60. The van der Waals surface area contributed by atoms with Gasteiger partial charge in [-0.3, -0.25) is 4.79 Å². The van der Waals surface area contributed by atoms with Gasteiger partial charge in [0.1, 0.15) is 11.6 Å². The summed E-state index contributed by atoms with van der Waals surface area (Å²) in [6.45, 7) is 0.279. The van der Waals surface area contributed by atoms with E-state index in [9.17, 15) is 19.5 Å². The van der Waals surface area contributed by atoms with Crippen molar-refractivity contribution in [1.82, 2.24) is 15.5 Å². The van der Waals surface area contributed by atoms with Crippen LogP contribution in [-0.4, -0.2) is 64.8 Å². The minimum Gasteiger partial charge on any atom is -0.479 e. The van der Waals surface area contributed by atoms with E-state index in [1.165, 1.54) is 4.90 Å². The number of hydrogen-bond acceptors (Lipinski definition) is 4. The van der Waals surface area contributed by atoms with Crippen LogP contribution in [0.15, 0.2) is 12.2 Å². The molecule has 0 spiro atoms. The van der Waals surface area contributed by atoms with E-state index >= 15 is 0 Å². The smallest absolute Gasteiger partial charge is 0.330 e. The minimum absolute atomic E-state index is 0.0294. The average Bonchev–Trinajstić information content (AvgIpc) is 3.23. The number of rotatable bonds is 3. The van der Waals surface area contributed by atoms with Crippen LogP contribution in [0, 0.1) is 5.92 Å². The highest BCUT2D eigenvalue weighted by molar-refractivity contribution is 5.94. The summed E-state index contributed by atoms with van der Waals surface area (Å²) >= 11 is 0. The van der Waals surface area contributed by atoms with E-state index in [0.717, 1.165) is 19.3 Å². The number of aliphatic carboxylic acids is 1. The highest BCUT2D eigenvalue weighted by Gasteiger charge is 2.60. The van der Waals surface area contributed by atoms with Crippen molar-refractivity contribution in [3.05, 3.63) is 12.2 Å². The maximum Gasteiger partial charge on any atom is 0.330 e. The number of carboxylic acid groups (broad SMARTS) is 1. The van der Waals surface area contributed by atoms with Crippen molar-refractivity contribution in [2.24, 2.45) is 5.92 Å². The fourth-order valence-corrected chi connectivity index (χ4v) is 2.90. The first-order valence-electron chi connectivity index (χ1n) is 8.25. The van der Waals surface area contributed by atoms with Crippen LogP contribution in [0.5, 0.6) is 0 Å². The van der Waals surface area contributed by atoms with Crippen LogP contribution < -0.4 is 10.6 Å². The number of allylic oxidation sites excluding steroid dienone is 1. The van der Waals surface area contributed by atoms with E-state index < -0.39 is 29.5 Å². The van der Waals surface area contributed by atoms with Gasteiger partial charge in [-0.1, -0.05) is 12.2 Å². The van der Waals surface area contributed by atoms with Gasteiger partial charge in [-0.05, 0) is 32.1 Å². The van der Waals surface area contributed by atoms with Gasteiger partial charge >= 0.3 is 12.0 Å². The molecule has 2 rings (SSSR count). The summed E-state index contributed by atoms with van der Waals surface area (Å²) < 4.78 is 0. The van der Waals surface area contributed by atoms with Crippen molar-refractivity contribution in [3.63, 3.8) is 0 Å². The predicted octanol–water partition coefficient (Wildman–Crippen LogP) is 0.0784. The Hall–Kier alpha value is -2.09. The summed E-state index contributed by atoms with van der Waals surface area (Å²) in [5.74, 6) is -1.90. The van der Waals surface area contributed by atoms with E-state index in [-0.39, 0.29) is 18.9 Å². The number of amides is 3. The normalized spacial score (nSPS) is 31.5. The fourth-order valence-electron chi connectivity index (χ4n) is 2.90. The maximum absolute atomic E-state index is 12.4. The van der Waals surface area contributed by atoms with E-state index in [2.05, 4.69) is 10.6 Å². The van der Waals surface area contributed by atoms with E-state index in [0.29, 0.717) is 13.0 Å². The molecule has 0 saturated heterocycles. The molecule has 8 nitrogen and oxygen atoms in total. The molecule has 2 aliphatic rings. The molecule has 0 unspecified atom stereocenters. The summed E-state index contributed by atoms with van der Waals surface area (Å²) in [5, 5.41) is 23.7. The molecule has 0 aromatic carbocycles. The van der Waals surface area contributed by atoms with Gasteiger partial charge in [-0.2, -0.15) is 0 Å². The van der Waals surface area contributed by atoms with Crippen molar-refractivity contribution < 1.29 is 24.6 Å². The number of aliphatic hydroxyl groups excluding tert-OH is 1. The lowest BCUT2D eigenvalue weighted by atomic mass is 10.1. The molecule has 0 aromatic rings. The van der Waals surface area contributed by atoms with Crippen LogP contribution in [0.4, 0.5) is 4.79 Å². The van der Waals surface area contributed by atoms with Crippen molar-refractivity contribution in [2.45, 2.75) is 43.7 Å². The fraction of sp³-hybridized carbons (Fsp3) is 0.688. The largest absolute Gasteiger partial charge is 0.479 e.